The minimum Gasteiger partial charge on any atom is -0.373 e. The van der Waals surface area contributed by atoms with Gasteiger partial charge in [0.2, 0.25) is 5.91 Å². The van der Waals surface area contributed by atoms with Gasteiger partial charge in [-0.25, -0.2) is 0 Å². The van der Waals surface area contributed by atoms with Gasteiger partial charge in [-0.2, -0.15) is 5.26 Å². The summed E-state index contributed by atoms with van der Waals surface area (Å²) >= 11 is 5.81. The van der Waals surface area contributed by atoms with Crippen LogP contribution < -0.4 is 11.1 Å². The predicted molar refractivity (Wildman–Crippen MR) is 58.4 cm³/mol. The summed E-state index contributed by atoms with van der Waals surface area (Å²) in [5.74, 6) is -0.487. The number of hydrogen-bond acceptors (Lipinski definition) is 3. The number of nitrogens with two attached hydrogens (primary N) is 1. The number of benzene rings is 1. The number of carbonyl (C=O) groups excluding carboxylic acids is 1. The molecule has 1 aromatic carbocycles. The van der Waals surface area contributed by atoms with Crippen LogP contribution in [0.2, 0.25) is 5.02 Å². The second-order valence-electron chi connectivity index (χ2n) is 3.04. The first-order valence-corrected chi connectivity index (χ1v) is 4.68. The first-order valence-electron chi connectivity index (χ1n) is 4.30. The number of rotatable bonds is 3. The van der Waals surface area contributed by atoms with Crippen molar-refractivity contribution >= 4 is 23.2 Å². The Morgan fingerprint density at radius 3 is 2.87 bits per heavy atom. The molecule has 78 valence electrons. The van der Waals surface area contributed by atoms with Crippen molar-refractivity contribution in [3.8, 4) is 6.07 Å². The fourth-order valence-corrected chi connectivity index (χ4v) is 1.28. The minimum atomic E-state index is -0.546. The molecule has 4 nitrogen and oxygen atoms in total. The van der Waals surface area contributed by atoms with Crippen molar-refractivity contribution in [2.24, 2.45) is 5.73 Å². The van der Waals surface area contributed by atoms with E-state index >= 15 is 0 Å². The third kappa shape index (κ3) is 2.61. The van der Waals surface area contributed by atoms with Gasteiger partial charge >= 0.3 is 0 Å². The van der Waals surface area contributed by atoms with Crippen molar-refractivity contribution in [1.29, 1.82) is 5.26 Å². The number of nitrogens with one attached hydrogen (secondary N) is 1. The van der Waals surface area contributed by atoms with Crippen molar-refractivity contribution in [2.75, 3.05) is 5.32 Å². The fraction of sp³-hybridized carbons (Fsp3) is 0.200. The summed E-state index contributed by atoms with van der Waals surface area (Å²) in [6.07, 6.45) is 0. The molecule has 0 saturated carbocycles. The number of primary amides is 1. The van der Waals surface area contributed by atoms with Gasteiger partial charge in [0, 0.05) is 0 Å². The van der Waals surface area contributed by atoms with Gasteiger partial charge in [-0.1, -0.05) is 17.7 Å². The van der Waals surface area contributed by atoms with Gasteiger partial charge < -0.3 is 11.1 Å². The number of nitrogens with zero attached hydrogens (tertiary/aromatic N) is 1. The Morgan fingerprint density at radius 1 is 1.67 bits per heavy atom. The summed E-state index contributed by atoms with van der Waals surface area (Å²) in [6, 6.07) is 6.39. The highest BCUT2D eigenvalue weighted by atomic mass is 35.5. The van der Waals surface area contributed by atoms with E-state index in [-0.39, 0.29) is 0 Å². The maximum Gasteiger partial charge on any atom is 0.239 e. The maximum absolute atomic E-state index is 10.8. The van der Waals surface area contributed by atoms with Gasteiger partial charge in [0.15, 0.2) is 0 Å². The molecule has 0 heterocycles. The summed E-state index contributed by atoms with van der Waals surface area (Å²) in [7, 11) is 0. The first kappa shape index (κ1) is 11.3. The van der Waals surface area contributed by atoms with Crippen LogP contribution in [0.25, 0.3) is 0 Å². The molecule has 1 unspecified atom stereocenters. The molecule has 0 aliphatic carbocycles. The molecule has 15 heavy (non-hydrogen) atoms. The fourth-order valence-electron chi connectivity index (χ4n) is 1.06. The van der Waals surface area contributed by atoms with Crippen LogP contribution >= 0.6 is 11.6 Å². The van der Waals surface area contributed by atoms with E-state index in [1.807, 2.05) is 6.07 Å². The zero-order valence-electron chi connectivity index (χ0n) is 8.12. The number of halogens is 1. The molecule has 0 aliphatic rings. The Kier molecular flexibility index (Phi) is 3.53. The molecule has 0 radical (unpaired) electrons. The zero-order chi connectivity index (χ0) is 11.4. The number of nitriles is 1. The molecule has 1 amide bonds. The van der Waals surface area contributed by atoms with E-state index in [0.717, 1.165) is 0 Å². The predicted octanol–water partition coefficient (Wildman–Crippen LogP) is 1.50. The van der Waals surface area contributed by atoms with Crippen LogP contribution in [0, 0.1) is 11.3 Å². The quantitative estimate of drug-likeness (QED) is 0.815. The van der Waals surface area contributed by atoms with Crippen molar-refractivity contribution in [3.05, 3.63) is 28.8 Å². The number of carbonyl (C=O) groups is 1. The van der Waals surface area contributed by atoms with Crippen molar-refractivity contribution in [2.45, 2.75) is 13.0 Å². The summed E-state index contributed by atoms with van der Waals surface area (Å²) in [6.45, 7) is 1.62. The van der Waals surface area contributed by atoms with Gasteiger partial charge in [0.25, 0.3) is 0 Å². The highest BCUT2D eigenvalue weighted by molar-refractivity contribution is 6.32. The van der Waals surface area contributed by atoms with Crippen LogP contribution in [0.3, 0.4) is 0 Å². The Hall–Kier alpha value is -1.73. The van der Waals surface area contributed by atoms with Crippen molar-refractivity contribution in [1.82, 2.24) is 0 Å². The lowest BCUT2D eigenvalue weighted by atomic mass is 10.1. The van der Waals surface area contributed by atoms with E-state index in [1.54, 1.807) is 25.1 Å². The molecule has 1 atom stereocenters. The molecular weight excluding hydrogens is 214 g/mol. The third-order valence-corrected chi connectivity index (χ3v) is 2.24. The molecule has 3 N–H and O–H groups in total. The van der Waals surface area contributed by atoms with Crippen LogP contribution in [0.1, 0.15) is 12.5 Å². The monoisotopic (exact) mass is 223 g/mol. The molecule has 0 bridgehead atoms. The van der Waals surface area contributed by atoms with Crippen molar-refractivity contribution in [3.63, 3.8) is 0 Å². The third-order valence-electron chi connectivity index (χ3n) is 1.92. The SMILES string of the molecule is CC(Nc1cccc(Cl)c1C#N)C(N)=O. The van der Waals surface area contributed by atoms with Crippen LogP contribution in [0.15, 0.2) is 18.2 Å². The number of amides is 1. The first-order chi connectivity index (χ1) is 7.06. The van der Waals surface area contributed by atoms with Crippen molar-refractivity contribution < 1.29 is 4.79 Å². The van der Waals surface area contributed by atoms with Crippen LogP contribution in [0.4, 0.5) is 5.69 Å². The summed E-state index contributed by atoms with van der Waals surface area (Å²) < 4.78 is 0. The second kappa shape index (κ2) is 4.67. The van der Waals surface area contributed by atoms with Crippen LogP contribution in [-0.4, -0.2) is 11.9 Å². The van der Waals surface area contributed by atoms with Crippen LogP contribution in [0.5, 0.6) is 0 Å². The Labute approximate surface area is 92.6 Å². The van der Waals surface area contributed by atoms with E-state index in [1.165, 1.54) is 0 Å². The summed E-state index contributed by atoms with van der Waals surface area (Å²) in [5, 5.41) is 12.0. The van der Waals surface area contributed by atoms with E-state index in [0.29, 0.717) is 16.3 Å². The van der Waals surface area contributed by atoms with Gasteiger partial charge in [-0.05, 0) is 19.1 Å². The van der Waals surface area contributed by atoms with Gasteiger partial charge in [0.05, 0.1) is 16.3 Å². The normalized spacial score (nSPS) is 11.5. The molecule has 0 aromatic heterocycles. The summed E-state index contributed by atoms with van der Waals surface area (Å²) in [4.78, 5) is 10.8. The van der Waals surface area contributed by atoms with E-state index in [4.69, 9.17) is 22.6 Å². The Bertz CT molecular complexity index is 425. The average molecular weight is 224 g/mol. The number of hydrogen-bond donors (Lipinski definition) is 2. The van der Waals surface area contributed by atoms with Gasteiger partial charge in [0.1, 0.15) is 12.1 Å². The Balaban J connectivity index is 3.01. The maximum atomic E-state index is 10.8. The Morgan fingerprint density at radius 2 is 2.33 bits per heavy atom. The minimum absolute atomic E-state index is 0.312. The van der Waals surface area contributed by atoms with Gasteiger partial charge in [-0.3, -0.25) is 4.79 Å². The standard InChI is InChI=1S/C10H10ClN3O/c1-6(10(13)15)14-9-4-2-3-8(11)7(9)5-12/h2-4,6,14H,1H3,(H2,13,15). The van der Waals surface area contributed by atoms with Gasteiger partial charge in [-0.15, -0.1) is 0 Å². The van der Waals surface area contributed by atoms with Crippen LogP contribution in [-0.2, 0) is 4.79 Å². The lowest BCUT2D eigenvalue weighted by molar-refractivity contribution is -0.118. The molecule has 0 fully saturated rings. The molecule has 0 saturated heterocycles. The molecule has 0 spiro atoms. The largest absolute Gasteiger partial charge is 0.373 e. The highest BCUT2D eigenvalue weighted by Gasteiger charge is 2.12. The topological polar surface area (TPSA) is 78.9 Å². The average Bonchev–Trinajstić information content (AvgIpc) is 2.18. The summed E-state index contributed by atoms with van der Waals surface area (Å²) in [5.41, 5.74) is 5.92. The number of anilines is 1. The lowest BCUT2D eigenvalue weighted by Gasteiger charge is -2.13. The molecule has 1 aromatic rings. The molecular formula is C10H10ClN3O. The smallest absolute Gasteiger partial charge is 0.239 e. The van der Waals surface area contributed by atoms with E-state index in [2.05, 4.69) is 5.32 Å². The lowest BCUT2D eigenvalue weighted by Crippen LogP contribution is -2.32. The second-order valence-corrected chi connectivity index (χ2v) is 3.45. The molecule has 0 aliphatic heterocycles. The zero-order valence-corrected chi connectivity index (χ0v) is 8.88. The molecule has 5 heteroatoms. The molecule has 1 rings (SSSR count). The van der Waals surface area contributed by atoms with E-state index in [9.17, 15) is 4.79 Å². The highest BCUT2D eigenvalue weighted by Crippen LogP contribution is 2.23. The van der Waals surface area contributed by atoms with E-state index < -0.39 is 11.9 Å².